The number of hydrogen-bond acceptors (Lipinski definition) is 3. The molecule has 0 aromatic heterocycles. The Morgan fingerprint density at radius 3 is 2.56 bits per heavy atom. The van der Waals surface area contributed by atoms with Crippen LogP contribution in [0.25, 0.3) is 0 Å². The maximum Gasteiger partial charge on any atom is 0.232 e. The normalized spacial score (nSPS) is 11.3. The summed E-state index contributed by atoms with van der Waals surface area (Å²) in [7, 11) is -3.49. The van der Waals surface area contributed by atoms with Crippen molar-refractivity contribution < 1.29 is 13.2 Å². The molecule has 0 bridgehead atoms. The molecule has 27 heavy (non-hydrogen) atoms. The minimum absolute atomic E-state index is 0.159. The molecule has 0 saturated carbocycles. The third-order valence-electron chi connectivity index (χ3n) is 4.11. The molecule has 2 aromatic rings. The number of nitrogens with zero attached hydrogens (tertiary/aromatic N) is 1. The minimum Gasteiger partial charge on any atom is -0.326 e. The predicted octanol–water partition coefficient (Wildman–Crippen LogP) is 4.90. The van der Waals surface area contributed by atoms with Crippen molar-refractivity contribution in [2.24, 2.45) is 0 Å². The quantitative estimate of drug-likeness (QED) is 0.622. The van der Waals surface area contributed by atoms with Crippen molar-refractivity contribution in [1.82, 2.24) is 0 Å². The largest absolute Gasteiger partial charge is 0.326 e. The van der Waals surface area contributed by atoms with Gasteiger partial charge in [0.2, 0.25) is 15.9 Å². The molecule has 2 aromatic carbocycles. The molecule has 1 amide bonds. The summed E-state index contributed by atoms with van der Waals surface area (Å²) < 4.78 is 26.7. The monoisotopic (exact) mass is 472 g/mol. The number of sulfonamides is 1. The lowest BCUT2D eigenvalue weighted by atomic mass is 10.2. The summed E-state index contributed by atoms with van der Waals surface area (Å²) in [6.45, 7) is 3.92. The number of nitrogens with one attached hydrogen (secondary N) is 1. The molecule has 0 unspecified atom stereocenters. The highest BCUT2D eigenvalue weighted by atomic mass is 79.9. The highest BCUT2D eigenvalue weighted by Gasteiger charge is 2.20. The summed E-state index contributed by atoms with van der Waals surface area (Å²) >= 11 is 9.54. The van der Waals surface area contributed by atoms with Gasteiger partial charge in [-0.1, -0.05) is 33.6 Å². The average Bonchev–Trinajstić information content (AvgIpc) is 2.57. The summed E-state index contributed by atoms with van der Waals surface area (Å²) in [5, 5.41) is 3.34. The van der Waals surface area contributed by atoms with Gasteiger partial charge in [-0.05, 0) is 61.7 Å². The standard InChI is InChI=1S/C19H22BrClN2O3S/c1-13-12-15(9-10-16(13)20)22-19(24)8-5-11-23(27(3,25)26)18-7-4-6-17(21)14(18)2/h4,6-7,9-10,12H,5,8,11H2,1-3H3,(H,22,24). The van der Waals surface area contributed by atoms with Crippen molar-refractivity contribution in [1.29, 1.82) is 0 Å². The Hall–Kier alpha value is -1.57. The Kier molecular flexibility index (Phi) is 7.31. The fourth-order valence-electron chi connectivity index (χ4n) is 2.66. The van der Waals surface area contributed by atoms with Crippen LogP contribution in [0.4, 0.5) is 11.4 Å². The maximum atomic E-state index is 12.2. The lowest BCUT2D eigenvalue weighted by Gasteiger charge is -2.24. The number of benzene rings is 2. The van der Waals surface area contributed by atoms with E-state index in [1.807, 2.05) is 25.1 Å². The zero-order chi connectivity index (χ0) is 20.2. The number of amides is 1. The van der Waals surface area contributed by atoms with E-state index in [1.165, 1.54) is 4.31 Å². The first-order chi connectivity index (χ1) is 12.6. The number of aryl methyl sites for hydroxylation is 1. The van der Waals surface area contributed by atoms with Gasteiger partial charge >= 0.3 is 0 Å². The molecular formula is C19H22BrClN2O3S. The van der Waals surface area contributed by atoms with Crippen LogP contribution in [0, 0.1) is 13.8 Å². The first kappa shape index (κ1) is 21.7. The highest BCUT2D eigenvalue weighted by molar-refractivity contribution is 9.10. The lowest BCUT2D eigenvalue weighted by molar-refractivity contribution is -0.116. The number of halogens is 2. The van der Waals surface area contributed by atoms with Crippen molar-refractivity contribution in [2.45, 2.75) is 26.7 Å². The lowest BCUT2D eigenvalue weighted by Crippen LogP contribution is -2.32. The minimum atomic E-state index is -3.49. The van der Waals surface area contributed by atoms with Crippen molar-refractivity contribution in [3.63, 3.8) is 0 Å². The fraction of sp³-hybridized carbons (Fsp3) is 0.316. The molecule has 0 heterocycles. The Labute approximate surface area is 173 Å². The van der Waals surface area contributed by atoms with Crippen LogP contribution < -0.4 is 9.62 Å². The predicted molar refractivity (Wildman–Crippen MR) is 115 cm³/mol. The summed E-state index contributed by atoms with van der Waals surface area (Å²) in [6.07, 6.45) is 1.75. The number of hydrogen-bond donors (Lipinski definition) is 1. The van der Waals surface area contributed by atoms with Gasteiger partial charge in [0, 0.05) is 28.1 Å². The second kappa shape index (κ2) is 9.08. The molecule has 0 aliphatic rings. The molecule has 0 aliphatic carbocycles. The number of rotatable bonds is 7. The summed E-state index contributed by atoms with van der Waals surface area (Å²) in [4.78, 5) is 12.2. The first-order valence-electron chi connectivity index (χ1n) is 8.38. The van der Waals surface area contributed by atoms with E-state index in [1.54, 1.807) is 25.1 Å². The van der Waals surface area contributed by atoms with Crippen LogP contribution in [0.15, 0.2) is 40.9 Å². The molecular weight excluding hydrogens is 452 g/mol. The van der Waals surface area contributed by atoms with Crippen molar-refractivity contribution in [3.8, 4) is 0 Å². The van der Waals surface area contributed by atoms with Gasteiger partial charge in [0.05, 0.1) is 11.9 Å². The van der Waals surface area contributed by atoms with E-state index in [4.69, 9.17) is 11.6 Å². The molecule has 0 aliphatic heterocycles. The molecule has 0 atom stereocenters. The van der Waals surface area contributed by atoms with Crippen molar-refractivity contribution in [3.05, 3.63) is 57.0 Å². The second-order valence-electron chi connectivity index (χ2n) is 6.33. The molecule has 5 nitrogen and oxygen atoms in total. The smallest absolute Gasteiger partial charge is 0.232 e. The Morgan fingerprint density at radius 2 is 1.93 bits per heavy atom. The molecule has 1 N–H and O–H groups in total. The molecule has 0 radical (unpaired) electrons. The molecule has 0 fully saturated rings. The van der Waals surface area contributed by atoms with Crippen LogP contribution in [0.3, 0.4) is 0 Å². The van der Waals surface area contributed by atoms with E-state index in [0.29, 0.717) is 28.4 Å². The van der Waals surface area contributed by atoms with E-state index in [2.05, 4.69) is 21.2 Å². The van der Waals surface area contributed by atoms with Gasteiger partial charge in [-0.15, -0.1) is 0 Å². The zero-order valence-electron chi connectivity index (χ0n) is 15.4. The average molecular weight is 474 g/mol. The Balaban J connectivity index is 2.02. The van der Waals surface area contributed by atoms with Crippen LogP contribution in [0.2, 0.25) is 5.02 Å². The summed E-state index contributed by atoms with van der Waals surface area (Å²) in [5.74, 6) is -0.159. The third-order valence-corrected chi connectivity index (χ3v) is 6.59. The second-order valence-corrected chi connectivity index (χ2v) is 9.50. The van der Waals surface area contributed by atoms with Gasteiger partial charge < -0.3 is 5.32 Å². The van der Waals surface area contributed by atoms with Crippen LogP contribution in [0.1, 0.15) is 24.0 Å². The van der Waals surface area contributed by atoms with Gasteiger partial charge in [0.15, 0.2) is 0 Å². The number of carbonyl (C=O) groups excluding carboxylic acids is 1. The van der Waals surface area contributed by atoms with E-state index < -0.39 is 10.0 Å². The van der Waals surface area contributed by atoms with Gasteiger partial charge in [0.25, 0.3) is 0 Å². The van der Waals surface area contributed by atoms with Crippen LogP contribution in [-0.2, 0) is 14.8 Å². The Morgan fingerprint density at radius 1 is 1.22 bits per heavy atom. The van der Waals surface area contributed by atoms with E-state index in [-0.39, 0.29) is 18.9 Å². The number of anilines is 2. The van der Waals surface area contributed by atoms with Crippen molar-refractivity contribution >= 4 is 54.8 Å². The first-order valence-corrected chi connectivity index (χ1v) is 11.4. The van der Waals surface area contributed by atoms with Crippen LogP contribution >= 0.6 is 27.5 Å². The topological polar surface area (TPSA) is 66.5 Å². The van der Waals surface area contributed by atoms with E-state index in [0.717, 1.165) is 16.3 Å². The van der Waals surface area contributed by atoms with Gasteiger partial charge in [0.1, 0.15) is 0 Å². The third kappa shape index (κ3) is 5.96. The highest BCUT2D eigenvalue weighted by Crippen LogP contribution is 2.28. The fourth-order valence-corrected chi connectivity index (χ4v) is 4.09. The van der Waals surface area contributed by atoms with Gasteiger partial charge in [-0.3, -0.25) is 9.10 Å². The molecule has 0 spiro atoms. The zero-order valence-corrected chi connectivity index (χ0v) is 18.6. The summed E-state index contributed by atoms with van der Waals surface area (Å²) in [5.41, 5.74) is 2.96. The molecule has 0 saturated heterocycles. The molecule has 146 valence electrons. The van der Waals surface area contributed by atoms with Gasteiger partial charge in [-0.25, -0.2) is 8.42 Å². The van der Waals surface area contributed by atoms with Crippen LogP contribution in [-0.4, -0.2) is 27.1 Å². The SMILES string of the molecule is Cc1cc(NC(=O)CCCN(c2cccc(Cl)c2C)S(C)(=O)=O)ccc1Br. The van der Waals surface area contributed by atoms with E-state index in [9.17, 15) is 13.2 Å². The molecule has 8 heteroatoms. The Bertz CT molecular complexity index is 948. The number of carbonyl (C=O) groups is 1. The van der Waals surface area contributed by atoms with E-state index >= 15 is 0 Å². The van der Waals surface area contributed by atoms with Crippen molar-refractivity contribution in [2.75, 3.05) is 22.4 Å². The maximum absolute atomic E-state index is 12.2. The van der Waals surface area contributed by atoms with Crippen LogP contribution in [0.5, 0.6) is 0 Å². The van der Waals surface area contributed by atoms with Gasteiger partial charge in [-0.2, -0.15) is 0 Å². The summed E-state index contributed by atoms with van der Waals surface area (Å²) in [6, 6.07) is 10.7. The molecule has 2 rings (SSSR count).